The number of nitrogens with zero attached hydrogens (tertiary/aromatic N) is 2. The van der Waals surface area contributed by atoms with E-state index in [0.717, 1.165) is 17.8 Å². The maximum atomic E-state index is 13.0. The Morgan fingerprint density at radius 1 is 1.56 bits per heavy atom. The van der Waals surface area contributed by atoms with E-state index in [1.807, 2.05) is 0 Å². The summed E-state index contributed by atoms with van der Waals surface area (Å²) in [7, 11) is 0. The minimum atomic E-state index is -0.659. The van der Waals surface area contributed by atoms with Crippen LogP contribution in [0.3, 0.4) is 0 Å². The van der Waals surface area contributed by atoms with E-state index in [9.17, 15) is 14.5 Å². The molecule has 0 bridgehead atoms. The van der Waals surface area contributed by atoms with Crippen molar-refractivity contribution in [2.24, 2.45) is 16.7 Å². The van der Waals surface area contributed by atoms with Gasteiger partial charge < -0.3 is 11.6 Å². The van der Waals surface area contributed by atoms with Crippen molar-refractivity contribution in [2.75, 3.05) is 0 Å². The third-order valence-electron chi connectivity index (χ3n) is 1.67. The molecular weight excluding hydrogens is 235 g/mol. The molecule has 0 aliphatic heterocycles. The molecule has 8 heteroatoms. The van der Waals surface area contributed by atoms with Crippen molar-refractivity contribution >= 4 is 22.6 Å². The SMILES string of the molecule is N/N=C(/N)SCc1cc(F)cc([N+](=O)[O-])c1. The first-order valence-corrected chi connectivity index (χ1v) is 5.11. The lowest BCUT2D eigenvalue weighted by molar-refractivity contribution is -0.385. The van der Waals surface area contributed by atoms with Gasteiger partial charge in [-0.1, -0.05) is 11.8 Å². The number of halogens is 1. The number of hydrazone groups is 1. The van der Waals surface area contributed by atoms with Gasteiger partial charge >= 0.3 is 0 Å². The van der Waals surface area contributed by atoms with Crippen LogP contribution in [0.15, 0.2) is 23.3 Å². The summed E-state index contributed by atoms with van der Waals surface area (Å²) in [5, 5.41) is 13.8. The molecule has 0 radical (unpaired) electrons. The number of hydrogen-bond acceptors (Lipinski definition) is 5. The van der Waals surface area contributed by atoms with Crippen molar-refractivity contribution in [1.29, 1.82) is 0 Å². The van der Waals surface area contributed by atoms with Gasteiger partial charge in [-0.05, 0) is 11.6 Å². The van der Waals surface area contributed by atoms with Gasteiger partial charge in [0.15, 0.2) is 5.17 Å². The third-order valence-corrected chi connectivity index (χ3v) is 2.55. The monoisotopic (exact) mass is 244 g/mol. The van der Waals surface area contributed by atoms with Crippen molar-refractivity contribution < 1.29 is 9.31 Å². The molecule has 6 nitrogen and oxygen atoms in total. The molecule has 0 amide bonds. The Hall–Kier alpha value is -1.83. The first-order valence-electron chi connectivity index (χ1n) is 4.13. The number of nitro benzene ring substituents is 1. The van der Waals surface area contributed by atoms with Gasteiger partial charge in [0.2, 0.25) is 0 Å². The van der Waals surface area contributed by atoms with Gasteiger partial charge in [-0.25, -0.2) is 4.39 Å². The molecule has 0 saturated carbocycles. The highest BCUT2D eigenvalue weighted by Crippen LogP contribution is 2.20. The molecule has 16 heavy (non-hydrogen) atoms. The first kappa shape index (κ1) is 12.2. The van der Waals surface area contributed by atoms with Crippen LogP contribution in [0, 0.1) is 15.9 Å². The second-order valence-corrected chi connectivity index (χ2v) is 3.83. The lowest BCUT2D eigenvalue weighted by Gasteiger charge is -2.01. The van der Waals surface area contributed by atoms with E-state index >= 15 is 0 Å². The molecule has 0 aliphatic carbocycles. The summed E-state index contributed by atoms with van der Waals surface area (Å²) in [5.41, 5.74) is 5.47. The smallest absolute Gasteiger partial charge is 0.272 e. The Labute approximate surface area is 94.6 Å². The average Bonchev–Trinajstić information content (AvgIpc) is 2.25. The highest BCUT2D eigenvalue weighted by Gasteiger charge is 2.10. The second-order valence-electron chi connectivity index (χ2n) is 2.83. The van der Waals surface area contributed by atoms with Crippen LogP contribution in [0.4, 0.5) is 10.1 Å². The number of non-ortho nitro benzene ring substituents is 1. The number of benzene rings is 1. The van der Waals surface area contributed by atoms with Crippen LogP contribution in [0.2, 0.25) is 0 Å². The number of amidine groups is 1. The van der Waals surface area contributed by atoms with E-state index in [1.54, 1.807) is 0 Å². The minimum absolute atomic E-state index is 0.131. The number of nitro groups is 1. The summed E-state index contributed by atoms with van der Waals surface area (Å²) in [6.45, 7) is 0. The summed E-state index contributed by atoms with van der Waals surface area (Å²) in [6, 6.07) is 3.33. The van der Waals surface area contributed by atoms with Crippen LogP contribution in [0.5, 0.6) is 0 Å². The standard InChI is InChI=1S/C8H9FN4O2S/c9-6-1-5(4-16-8(10)12-11)2-7(3-6)13(14)15/h1-3H,4,11H2,(H2,10,12). The summed E-state index contributed by atoms with van der Waals surface area (Å²) in [4.78, 5) is 9.81. The Kier molecular flexibility index (Phi) is 4.06. The van der Waals surface area contributed by atoms with Crippen LogP contribution >= 0.6 is 11.8 Å². The summed E-state index contributed by atoms with van der Waals surface area (Å²) >= 11 is 1.07. The molecule has 4 N–H and O–H groups in total. The van der Waals surface area contributed by atoms with Crippen molar-refractivity contribution in [2.45, 2.75) is 5.75 Å². The van der Waals surface area contributed by atoms with Gasteiger partial charge in [0.25, 0.3) is 5.69 Å². The molecular formula is C8H9FN4O2S. The molecule has 0 atom stereocenters. The van der Waals surface area contributed by atoms with Gasteiger partial charge in [0.1, 0.15) is 5.82 Å². The number of rotatable bonds is 3. The molecule has 0 heterocycles. The number of hydrogen-bond donors (Lipinski definition) is 2. The van der Waals surface area contributed by atoms with Gasteiger partial charge in [-0.2, -0.15) is 5.10 Å². The molecule has 0 fully saturated rings. The summed E-state index contributed by atoms with van der Waals surface area (Å²) in [6.07, 6.45) is 0. The molecule has 1 aromatic rings. The summed E-state index contributed by atoms with van der Waals surface area (Å²) in [5.74, 6) is 4.51. The van der Waals surface area contributed by atoms with Crippen LogP contribution < -0.4 is 11.6 Å². The van der Waals surface area contributed by atoms with Crippen molar-refractivity contribution in [1.82, 2.24) is 0 Å². The van der Waals surface area contributed by atoms with E-state index in [0.29, 0.717) is 5.56 Å². The van der Waals surface area contributed by atoms with Crippen LogP contribution in [0.1, 0.15) is 5.56 Å². The maximum absolute atomic E-state index is 13.0. The zero-order valence-electron chi connectivity index (χ0n) is 8.09. The van der Waals surface area contributed by atoms with E-state index < -0.39 is 10.7 Å². The van der Waals surface area contributed by atoms with E-state index in [2.05, 4.69) is 5.10 Å². The van der Waals surface area contributed by atoms with Crippen LogP contribution in [-0.4, -0.2) is 10.1 Å². The molecule has 0 aromatic heterocycles. The molecule has 0 unspecified atom stereocenters. The normalized spacial score (nSPS) is 11.4. The highest BCUT2D eigenvalue weighted by molar-refractivity contribution is 8.13. The fourth-order valence-corrected chi connectivity index (χ4v) is 1.57. The molecule has 0 saturated heterocycles. The molecule has 0 spiro atoms. The highest BCUT2D eigenvalue weighted by atomic mass is 32.2. The summed E-state index contributed by atoms with van der Waals surface area (Å²) < 4.78 is 13.0. The zero-order valence-corrected chi connectivity index (χ0v) is 8.91. The average molecular weight is 244 g/mol. The third kappa shape index (κ3) is 3.39. The predicted octanol–water partition coefficient (Wildman–Crippen LogP) is 1.16. The van der Waals surface area contributed by atoms with E-state index in [4.69, 9.17) is 11.6 Å². The Balaban J connectivity index is 2.84. The van der Waals surface area contributed by atoms with Gasteiger partial charge in [0, 0.05) is 11.8 Å². The second kappa shape index (κ2) is 5.31. The fourth-order valence-electron chi connectivity index (χ4n) is 1.02. The Morgan fingerprint density at radius 2 is 2.25 bits per heavy atom. The predicted molar refractivity (Wildman–Crippen MR) is 60.2 cm³/mol. The van der Waals surface area contributed by atoms with Crippen LogP contribution in [-0.2, 0) is 5.75 Å². The number of nitrogens with two attached hydrogens (primary N) is 2. The van der Waals surface area contributed by atoms with E-state index in [-0.39, 0.29) is 16.6 Å². The maximum Gasteiger partial charge on any atom is 0.272 e. The van der Waals surface area contributed by atoms with Crippen molar-refractivity contribution in [3.63, 3.8) is 0 Å². The largest absolute Gasteiger partial charge is 0.377 e. The van der Waals surface area contributed by atoms with Crippen molar-refractivity contribution in [3.05, 3.63) is 39.7 Å². The first-order chi connectivity index (χ1) is 7.52. The molecule has 86 valence electrons. The molecule has 1 rings (SSSR count). The van der Waals surface area contributed by atoms with E-state index in [1.165, 1.54) is 12.1 Å². The van der Waals surface area contributed by atoms with Gasteiger partial charge in [-0.3, -0.25) is 10.1 Å². The van der Waals surface area contributed by atoms with Gasteiger partial charge in [-0.15, -0.1) is 0 Å². The number of thioether (sulfide) groups is 1. The lowest BCUT2D eigenvalue weighted by Crippen LogP contribution is -2.09. The fraction of sp³-hybridized carbons (Fsp3) is 0.125. The molecule has 0 aliphatic rings. The Bertz CT molecular complexity index is 438. The van der Waals surface area contributed by atoms with Crippen molar-refractivity contribution in [3.8, 4) is 0 Å². The van der Waals surface area contributed by atoms with Gasteiger partial charge in [0.05, 0.1) is 11.0 Å². The quantitative estimate of drug-likeness (QED) is 0.273. The molecule has 1 aromatic carbocycles. The Morgan fingerprint density at radius 3 is 2.81 bits per heavy atom. The minimum Gasteiger partial charge on any atom is -0.377 e. The topological polar surface area (TPSA) is 108 Å². The zero-order chi connectivity index (χ0) is 12.1. The van der Waals surface area contributed by atoms with Crippen LogP contribution in [0.25, 0.3) is 0 Å². The lowest BCUT2D eigenvalue weighted by atomic mass is 10.2.